The summed E-state index contributed by atoms with van der Waals surface area (Å²) in [6, 6.07) is 3.95. The molecule has 1 aliphatic rings. The van der Waals surface area contributed by atoms with Crippen LogP contribution in [0.15, 0.2) is 23.2 Å². The number of nitrogens with zero attached hydrogens (tertiary/aromatic N) is 2. The Bertz CT molecular complexity index is 451. The third kappa shape index (κ3) is 1.76. The van der Waals surface area contributed by atoms with Crippen molar-refractivity contribution in [1.29, 1.82) is 0 Å². The van der Waals surface area contributed by atoms with Crippen molar-refractivity contribution < 1.29 is 4.79 Å². The lowest BCUT2D eigenvalue weighted by molar-refractivity contribution is -0.121. The monoisotopic (exact) mass is 252 g/mol. The Morgan fingerprint density at radius 3 is 2.88 bits per heavy atom. The summed E-state index contributed by atoms with van der Waals surface area (Å²) in [7, 11) is 1.71. The van der Waals surface area contributed by atoms with E-state index in [2.05, 4.69) is 0 Å². The highest BCUT2D eigenvalue weighted by Gasteiger charge is 2.34. The van der Waals surface area contributed by atoms with E-state index < -0.39 is 0 Å². The van der Waals surface area contributed by atoms with Crippen LogP contribution in [-0.4, -0.2) is 34.4 Å². The molecule has 0 radical (unpaired) electrons. The van der Waals surface area contributed by atoms with Gasteiger partial charge in [0.1, 0.15) is 5.70 Å². The van der Waals surface area contributed by atoms with Gasteiger partial charge in [-0.2, -0.15) is 0 Å². The average molecular weight is 252 g/mol. The summed E-state index contributed by atoms with van der Waals surface area (Å²) in [4.78, 5) is 16.4. The topological polar surface area (TPSA) is 23.6 Å². The van der Waals surface area contributed by atoms with E-state index in [-0.39, 0.29) is 5.91 Å². The number of rotatable bonds is 2. The molecule has 16 heavy (non-hydrogen) atoms. The van der Waals surface area contributed by atoms with E-state index >= 15 is 0 Å². The normalized spacial score (nSPS) is 19.0. The van der Waals surface area contributed by atoms with Crippen molar-refractivity contribution in [2.24, 2.45) is 0 Å². The quantitative estimate of drug-likeness (QED) is 0.595. The van der Waals surface area contributed by atoms with Gasteiger partial charge < -0.3 is 4.90 Å². The smallest absolute Gasteiger partial charge is 0.276 e. The molecule has 0 saturated carbocycles. The van der Waals surface area contributed by atoms with Gasteiger partial charge in [-0.05, 0) is 36.7 Å². The highest BCUT2D eigenvalue weighted by molar-refractivity contribution is 7.80. The zero-order valence-electron chi connectivity index (χ0n) is 9.14. The molecule has 5 heteroatoms. The molecule has 0 unspecified atom stereocenters. The third-order valence-corrected chi connectivity index (χ3v) is 3.78. The van der Waals surface area contributed by atoms with Gasteiger partial charge in [-0.1, -0.05) is 6.07 Å². The summed E-state index contributed by atoms with van der Waals surface area (Å²) < 4.78 is 0. The molecule has 2 rings (SSSR count). The molecular formula is C11H12N2OS2. The fourth-order valence-corrected chi connectivity index (χ4v) is 2.57. The van der Waals surface area contributed by atoms with Gasteiger partial charge >= 0.3 is 0 Å². The maximum absolute atomic E-state index is 11.9. The van der Waals surface area contributed by atoms with Crippen LogP contribution in [0, 0.1) is 0 Å². The number of thiocarbonyl (C=S) groups is 1. The maximum atomic E-state index is 11.9. The summed E-state index contributed by atoms with van der Waals surface area (Å²) in [5.74, 6) is -0.0275. The fourth-order valence-electron chi connectivity index (χ4n) is 1.61. The van der Waals surface area contributed by atoms with Gasteiger partial charge in [0.25, 0.3) is 5.91 Å². The van der Waals surface area contributed by atoms with E-state index in [1.807, 2.05) is 35.4 Å². The summed E-state index contributed by atoms with van der Waals surface area (Å²) in [6.45, 7) is 2.70. The van der Waals surface area contributed by atoms with Crippen molar-refractivity contribution in [3.05, 3.63) is 28.1 Å². The van der Waals surface area contributed by atoms with Crippen LogP contribution in [0.3, 0.4) is 0 Å². The molecule has 0 spiro atoms. The van der Waals surface area contributed by atoms with E-state index in [1.54, 1.807) is 18.4 Å². The molecule has 1 amide bonds. The largest absolute Gasteiger partial charge is 0.314 e. The second-order valence-electron chi connectivity index (χ2n) is 3.44. The predicted octanol–water partition coefficient (Wildman–Crippen LogP) is 2.17. The number of carbonyl (C=O) groups excluding carboxylic acids is 1. The first-order valence-corrected chi connectivity index (χ1v) is 6.28. The molecule has 1 fully saturated rings. The van der Waals surface area contributed by atoms with Crippen LogP contribution >= 0.6 is 23.6 Å². The molecule has 1 saturated heterocycles. The number of amides is 1. The summed E-state index contributed by atoms with van der Waals surface area (Å²) in [5.41, 5.74) is 0.664. The van der Waals surface area contributed by atoms with E-state index in [9.17, 15) is 4.79 Å². The van der Waals surface area contributed by atoms with Gasteiger partial charge in [-0.3, -0.25) is 9.69 Å². The summed E-state index contributed by atoms with van der Waals surface area (Å²) >= 11 is 6.82. The predicted molar refractivity (Wildman–Crippen MR) is 70.0 cm³/mol. The van der Waals surface area contributed by atoms with Crippen molar-refractivity contribution in [2.45, 2.75) is 6.92 Å². The fraction of sp³-hybridized carbons (Fsp3) is 0.273. The van der Waals surface area contributed by atoms with Gasteiger partial charge in [0.05, 0.1) is 0 Å². The molecule has 2 heterocycles. The first-order chi connectivity index (χ1) is 7.65. The first-order valence-electron chi connectivity index (χ1n) is 5.00. The van der Waals surface area contributed by atoms with E-state index in [0.29, 0.717) is 17.4 Å². The van der Waals surface area contributed by atoms with E-state index in [0.717, 1.165) is 4.88 Å². The molecule has 3 nitrogen and oxygen atoms in total. The number of carbonyl (C=O) groups is 1. The minimum absolute atomic E-state index is 0.0275. The third-order valence-electron chi connectivity index (χ3n) is 2.47. The number of thiophene rings is 1. The molecule has 0 aromatic carbocycles. The van der Waals surface area contributed by atoms with E-state index in [4.69, 9.17) is 12.2 Å². The standard InChI is InChI=1S/C11H12N2OS2/c1-3-13-9(7-8-5-4-6-16-8)10(14)12(2)11(13)15/h4-7H,3H2,1-2H3/b9-7+. The molecule has 1 aliphatic heterocycles. The molecule has 0 aliphatic carbocycles. The Kier molecular flexibility index (Phi) is 3.07. The zero-order chi connectivity index (χ0) is 11.7. The highest BCUT2D eigenvalue weighted by Crippen LogP contribution is 2.23. The number of hydrogen-bond acceptors (Lipinski definition) is 3. The van der Waals surface area contributed by atoms with Crippen LogP contribution in [0.5, 0.6) is 0 Å². The molecule has 1 aromatic rings. The molecule has 0 N–H and O–H groups in total. The Morgan fingerprint density at radius 1 is 1.56 bits per heavy atom. The maximum Gasteiger partial charge on any atom is 0.276 e. The van der Waals surface area contributed by atoms with Crippen molar-refractivity contribution in [3.8, 4) is 0 Å². The van der Waals surface area contributed by atoms with Crippen LogP contribution in [0.1, 0.15) is 11.8 Å². The van der Waals surface area contributed by atoms with Gasteiger partial charge in [-0.15, -0.1) is 11.3 Å². The Labute approximate surface area is 104 Å². The van der Waals surface area contributed by atoms with E-state index in [1.165, 1.54) is 4.90 Å². The lowest BCUT2D eigenvalue weighted by Crippen LogP contribution is -2.29. The van der Waals surface area contributed by atoms with Crippen LogP contribution in [-0.2, 0) is 4.79 Å². The minimum Gasteiger partial charge on any atom is -0.314 e. The second-order valence-corrected chi connectivity index (χ2v) is 4.78. The second kappa shape index (κ2) is 4.35. The van der Waals surface area contributed by atoms with Crippen LogP contribution in [0.2, 0.25) is 0 Å². The minimum atomic E-state index is -0.0275. The molecular weight excluding hydrogens is 240 g/mol. The lowest BCUT2D eigenvalue weighted by atomic mass is 10.3. The number of likely N-dealkylation sites (N-methyl/N-ethyl adjacent to an activating group) is 2. The molecule has 84 valence electrons. The van der Waals surface area contributed by atoms with Crippen LogP contribution in [0.4, 0.5) is 0 Å². The van der Waals surface area contributed by atoms with Gasteiger partial charge in [0, 0.05) is 18.5 Å². The first kappa shape index (κ1) is 11.3. The Balaban J connectivity index is 2.39. The van der Waals surface area contributed by atoms with Crippen LogP contribution in [0.25, 0.3) is 6.08 Å². The summed E-state index contributed by atoms with van der Waals surface area (Å²) in [5, 5.41) is 2.57. The Morgan fingerprint density at radius 2 is 2.31 bits per heavy atom. The van der Waals surface area contributed by atoms with Crippen molar-refractivity contribution in [2.75, 3.05) is 13.6 Å². The van der Waals surface area contributed by atoms with Gasteiger partial charge in [-0.25, -0.2) is 0 Å². The number of hydrogen-bond donors (Lipinski definition) is 0. The van der Waals surface area contributed by atoms with Gasteiger partial charge in [0.2, 0.25) is 0 Å². The summed E-state index contributed by atoms with van der Waals surface area (Å²) in [6.07, 6.45) is 1.90. The zero-order valence-corrected chi connectivity index (χ0v) is 10.8. The van der Waals surface area contributed by atoms with Crippen LogP contribution < -0.4 is 0 Å². The lowest BCUT2D eigenvalue weighted by Gasteiger charge is -2.15. The average Bonchev–Trinajstić information content (AvgIpc) is 2.84. The SMILES string of the molecule is CCN1C(=S)N(C)C(=O)/C1=C\c1cccs1. The Hall–Kier alpha value is -1.20. The highest BCUT2D eigenvalue weighted by atomic mass is 32.1. The van der Waals surface area contributed by atoms with Crippen molar-refractivity contribution in [1.82, 2.24) is 9.80 Å². The molecule has 0 bridgehead atoms. The molecule has 1 aromatic heterocycles. The van der Waals surface area contributed by atoms with Crippen molar-refractivity contribution >= 4 is 40.7 Å². The van der Waals surface area contributed by atoms with Crippen molar-refractivity contribution in [3.63, 3.8) is 0 Å². The van der Waals surface area contributed by atoms with Gasteiger partial charge in [0.15, 0.2) is 5.11 Å². The molecule has 0 atom stereocenters.